The van der Waals surface area contributed by atoms with Gasteiger partial charge < -0.3 is 18.0 Å². The molecule has 0 amide bonds. The summed E-state index contributed by atoms with van der Waals surface area (Å²) in [5.74, 6) is 3.85. The highest BCUT2D eigenvalue weighted by atomic mass is 16.3. The van der Waals surface area contributed by atoms with Crippen LogP contribution in [-0.2, 0) is 0 Å². The number of para-hydroxylation sites is 3. The molecule has 94 heavy (non-hydrogen) atoms. The summed E-state index contributed by atoms with van der Waals surface area (Å²) < 4.78 is 17.3. The third kappa shape index (κ3) is 9.52. The first-order valence-corrected chi connectivity index (χ1v) is 31.3. The molecule has 0 saturated carbocycles. The second-order valence-corrected chi connectivity index (χ2v) is 23.4. The van der Waals surface area contributed by atoms with Crippen LogP contribution >= 0.6 is 0 Å². The Labute approximate surface area is 538 Å². The molecule has 0 bridgehead atoms. The number of furan rings is 2. The van der Waals surface area contributed by atoms with Crippen LogP contribution in [0.5, 0.6) is 0 Å². The number of nitrogens with zero attached hydrogens (tertiary/aromatic N) is 8. The number of fused-ring (bicyclic) bond motifs is 12. The van der Waals surface area contributed by atoms with E-state index < -0.39 is 0 Å². The molecular formula is C84H52N8O2. The molecule has 6 heterocycles. The van der Waals surface area contributed by atoms with Crippen LogP contribution in [0.2, 0.25) is 0 Å². The van der Waals surface area contributed by atoms with E-state index in [0.717, 1.165) is 111 Å². The van der Waals surface area contributed by atoms with E-state index in [9.17, 15) is 0 Å². The van der Waals surface area contributed by atoms with Crippen molar-refractivity contribution >= 4 is 87.5 Å². The zero-order valence-corrected chi connectivity index (χ0v) is 50.4. The van der Waals surface area contributed by atoms with Crippen molar-refractivity contribution in [3.63, 3.8) is 0 Å². The van der Waals surface area contributed by atoms with Crippen molar-refractivity contribution in [2.24, 2.45) is 0 Å². The maximum absolute atomic E-state index is 6.38. The molecule has 0 aliphatic rings. The quantitative estimate of drug-likeness (QED) is 0.140. The predicted molar refractivity (Wildman–Crippen MR) is 381 cm³/mol. The highest BCUT2D eigenvalue weighted by Crippen LogP contribution is 2.42. The van der Waals surface area contributed by atoms with Crippen molar-refractivity contribution in [1.29, 1.82) is 0 Å². The van der Waals surface area contributed by atoms with E-state index >= 15 is 0 Å². The number of benzene rings is 13. The summed E-state index contributed by atoms with van der Waals surface area (Å²) in [4.78, 5) is 29.4. The second-order valence-electron chi connectivity index (χ2n) is 23.4. The van der Waals surface area contributed by atoms with Gasteiger partial charge in [0, 0.05) is 100.0 Å². The van der Waals surface area contributed by atoms with Gasteiger partial charge in [-0.2, -0.15) is 0 Å². The lowest BCUT2D eigenvalue weighted by atomic mass is 10.0. The van der Waals surface area contributed by atoms with Gasteiger partial charge in [0.1, 0.15) is 22.3 Å². The Hall–Kier alpha value is -12.9. The van der Waals surface area contributed by atoms with Gasteiger partial charge in [-0.15, -0.1) is 0 Å². The summed E-state index contributed by atoms with van der Waals surface area (Å²) >= 11 is 0. The van der Waals surface area contributed by atoms with Crippen LogP contribution < -0.4 is 0 Å². The molecule has 0 radical (unpaired) electrons. The van der Waals surface area contributed by atoms with E-state index in [1.54, 1.807) is 0 Å². The van der Waals surface area contributed by atoms with E-state index in [0.29, 0.717) is 34.9 Å². The molecule has 0 atom stereocenters. The maximum atomic E-state index is 6.38. The van der Waals surface area contributed by atoms with Crippen molar-refractivity contribution in [2.75, 3.05) is 0 Å². The summed E-state index contributed by atoms with van der Waals surface area (Å²) in [6.07, 6.45) is 0. The van der Waals surface area contributed by atoms with Gasteiger partial charge in [0.15, 0.2) is 34.9 Å². The standard InChI is InChI=1S/C45H28N4O.C39H24N4O/c1-4-12-29(13-5-1)33-22-25-39-36(26-33)37-27-38-35-18-10-11-19-41(35)50-42(38)28-40(37)49(39)34-23-20-32(21-24-34)45-47-43(30-14-6-2-7-15-30)46-44(48-45)31-16-8-3-9-17-31;1-3-11-25(12-4-1)37-40-38(26-13-5-2-6-14-26)42-39(41-37)27-19-21-28(22-20-27)43-33-17-9-7-15-29(33)31-23-32-30-16-8-10-18-35(30)44-36(32)24-34(31)43/h1-28H;1-24H. The Balaban J connectivity index is 0.000000139. The fourth-order valence-electron chi connectivity index (χ4n) is 13.2. The molecule has 440 valence electrons. The molecule has 0 aliphatic carbocycles. The number of hydrogen-bond acceptors (Lipinski definition) is 8. The van der Waals surface area contributed by atoms with Crippen molar-refractivity contribution < 1.29 is 8.83 Å². The first-order valence-electron chi connectivity index (χ1n) is 31.3. The van der Waals surface area contributed by atoms with Crippen molar-refractivity contribution in [3.8, 4) is 90.8 Å². The predicted octanol–water partition coefficient (Wildman–Crippen LogP) is 21.4. The van der Waals surface area contributed by atoms with Crippen molar-refractivity contribution in [3.05, 3.63) is 315 Å². The van der Waals surface area contributed by atoms with Gasteiger partial charge in [-0.25, -0.2) is 29.9 Å². The van der Waals surface area contributed by atoms with E-state index in [-0.39, 0.29) is 0 Å². The normalized spacial score (nSPS) is 11.6. The highest BCUT2D eigenvalue weighted by Gasteiger charge is 2.21. The topological polar surface area (TPSA) is 113 Å². The van der Waals surface area contributed by atoms with Crippen LogP contribution in [0.25, 0.3) is 178 Å². The largest absolute Gasteiger partial charge is 0.456 e. The van der Waals surface area contributed by atoms with Gasteiger partial charge in [0.2, 0.25) is 0 Å². The molecule has 10 heteroatoms. The minimum atomic E-state index is 0.628. The fraction of sp³-hybridized carbons (Fsp3) is 0. The summed E-state index contributed by atoms with van der Waals surface area (Å²) in [7, 11) is 0. The maximum Gasteiger partial charge on any atom is 0.164 e. The van der Waals surface area contributed by atoms with Gasteiger partial charge in [0.05, 0.1) is 22.1 Å². The lowest BCUT2D eigenvalue weighted by Crippen LogP contribution is -2.00. The van der Waals surface area contributed by atoms with Crippen LogP contribution in [-0.4, -0.2) is 39.0 Å². The average Bonchev–Trinajstić information content (AvgIpc) is 1.58. The van der Waals surface area contributed by atoms with Gasteiger partial charge >= 0.3 is 0 Å². The van der Waals surface area contributed by atoms with Crippen LogP contribution in [0.15, 0.2) is 324 Å². The van der Waals surface area contributed by atoms with Crippen molar-refractivity contribution in [1.82, 2.24) is 39.0 Å². The molecule has 0 N–H and O–H groups in total. The monoisotopic (exact) mass is 1200 g/mol. The minimum absolute atomic E-state index is 0.628. The van der Waals surface area contributed by atoms with Crippen LogP contribution in [0.3, 0.4) is 0 Å². The second kappa shape index (κ2) is 22.5. The van der Waals surface area contributed by atoms with E-state index in [1.807, 2.05) is 146 Å². The van der Waals surface area contributed by atoms with Gasteiger partial charge in [-0.1, -0.05) is 212 Å². The van der Waals surface area contributed by atoms with Crippen LogP contribution in [0.1, 0.15) is 0 Å². The van der Waals surface area contributed by atoms with E-state index in [4.69, 9.17) is 38.7 Å². The molecule has 19 aromatic rings. The van der Waals surface area contributed by atoms with Gasteiger partial charge in [0.25, 0.3) is 0 Å². The Kier molecular flexibility index (Phi) is 13.0. The molecule has 0 saturated heterocycles. The third-order valence-electron chi connectivity index (χ3n) is 17.7. The van der Waals surface area contributed by atoms with E-state index in [2.05, 4.69) is 179 Å². The lowest BCUT2D eigenvalue weighted by molar-refractivity contribution is 0.669. The number of aromatic nitrogens is 8. The minimum Gasteiger partial charge on any atom is -0.456 e. The smallest absolute Gasteiger partial charge is 0.164 e. The molecule has 0 unspecified atom stereocenters. The third-order valence-corrected chi connectivity index (χ3v) is 17.7. The Morgan fingerprint density at radius 1 is 0.181 bits per heavy atom. The van der Waals surface area contributed by atoms with Crippen LogP contribution in [0.4, 0.5) is 0 Å². The molecule has 13 aromatic carbocycles. The zero-order valence-electron chi connectivity index (χ0n) is 50.4. The molecule has 0 spiro atoms. The zero-order chi connectivity index (χ0) is 62.1. The van der Waals surface area contributed by atoms with Crippen LogP contribution in [0, 0.1) is 0 Å². The van der Waals surface area contributed by atoms with Crippen molar-refractivity contribution in [2.45, 2.75) is 0 Å². The average molecular weight is 1210 g/mol. The molecular weight excluding hydrogens is 1150 g/mol. The number of rotatable bonds is 9. The molecule has 0 fully saturated rings. The fourth-order valence-corrected chi connectivity index (χ4v) is 13.2. The Bertz CT molecular complexity index is 5950. The molecule has 6 aromatic heterocycles. The first kappa shape index (κ1) is 54.1. The summed E-state index contributed by atoms with van der Waals surface area (Å²) in [6.45, 7) is 0. The van der Waals surface area contributed by atoms with Gasteiger partial charge in [-0.3, -0.25) is 0 Å². The first-order chi connectivity index (χ1) is 46.6. The van der Waals surface area contributed by atoms with Gasteiger partial charge in [-0.05, 0) is 102 Å². The number of hydrogen-bond donors (Lipinski definition) is 0. The summed E-state index contributed by atoms with van der Waals surface area (Å²) in [5, 5.41) is 9.27. The molecule has 0 aliphatic heterocycles. The highest BCUT2D eigenvalue weighted by molar-refractivity contribution is 6.19. The molecule has 10 nitrogen and oxygen atoms in total. The Morgan fingerprint density at radius 2 is 0.479 bits per heavy atom. The lowest BCUT2D eigenvalue weighted by Gasteiger charge is -2.11. The molecule has 19 rings (SSSR count). The SMILES string of the molecule is c1ccc(-c2ccc3c(c2)c2cc4c(cc2n3-c2ccc(-c3nc(-c5ccccc5)nc(-c5ccccc5)n3)cc2)oc2ccccc24)cc1.c1ccc(-c2nc(-c3ccccc3)nc(-c3ccc(-n4c5ccccc5c5cc6c(cc54)oc4ccccc46)cc3)n2)cc1. The summed E-state index contributed by atoms with van der Waals surface area (Å²) in [6, 6.07) is 108. The summed E-state index contributed by atoms with van der Waals surface area (Å²) in [5.41, 5.74) is 18.1. The van der Waals surface area contributed by atoms with E-state index in [1.165, 1.54) is 32.7 Å². The Morgan fingerprint density at radius 3 is 0.883 bits per heavy atom.